The van der Waals surface area contributed by atoms with E-state index in [1.54, 1.807) is 18.2 Å². The van der Waals surface area contributed by atoms with E-state index in [9.17, 15) is 8.42 Å². The van der Waals surface area contributed by atoms with Crippen LogP contribution in [0.1, 0.15) is 5.56 Å². The molecule has 0 saturated carbocycles. The summed E-state index contributed by atoms with van der Waals surface area (Å²) < 4.78 is 31.1. The van der Waals surface area contributed by atoms with Gasteiger partial charge in [-0.25, -0.2) is 8.42 Å². The molecule has 0 aromatic heterocycles. The lowest BCUT2D eigenvalue weighted by molar-refractivity contribution is 0.393. The average molecular weight is 216 g/mol. The van der Waals surface area contributed by atoms with Gasteiger partial charge in [-0.15, -0.1) is 0 Å². The van der Waals surface area contributed by atoms with Crippen molar-refractivity contribution >= 4 is 10.7 Å². The van der Waals surface area contributed by atoms with Gasteiger partial charge in [0.2, 0.25) is 0 Å². The average Bonchev–Trinajstić information content (AvgIpc) is 2.16. The Morgan fingerprint density at radius 3 is 1.93 bits per heavy atom. The molecule has 0 fully saturated rings. The third-order valence-corrected chi connectivity index (χ3v) is 2.35. The van der Waals surface area contributed by atoms with Gasteiger partial charge >= 0.3 is 0 Å². The Morgan fingerprint density at radius 1 is 1.07 bits per heavy atom. The van der Waals surface area contributed by atoms with Crippen molar-refractivity contribution in [3.8, 4) is 11.5 Å². The van der Waals surface area contributed by atoms with E-state index in [-0.39, 0.29) is 5.75 Å². The molecular weight excluding hydrogens is 204 g/mol. The molecule has 14 heavy (non-hydrogen) atoms. The van der Waals surface area contributed by atoms with Gasteiger partial charge in [0.05, 0.1) is 20.0 Å². The van der Waals surface area contributed by atoms with Crippen LogP contribution in [0.25, 0.3) is 0 Å². The van der Waals surface area contributed by atoms with Crippen molar-refractivity contribution in [3.63, 3.8) is 0 Å². The Bertz CT molecular complexity index is 354. The Kier molecular flexibility index (Phi) is 3.76. The molecule has 0 saturated heterocycles. The summed E-state index contributed by atoms with van der Waals surface area (Å²) in [4.78, 5) is 0. The van der Waals surface area contributed by atoms with Crippen molar-refractivity contribution in [2.24, 2.45) is 0 Å². The highest BCUT2D eigenvalue weighted by molar-refractivity contribution is 7.71. The zero-order valence-electron chi connectivity index (χ0n) is 8.02. The van der Waals surface area contributed by atoms with Crippen LogP contribution in [0.4, 0.5) is 0 Å². The van der Waals surface area contributed by atoms with Crippen molar-refractivity contribution in [1.82, 2.24) is 0 Å². The molecule has 0 aliphatic rings. The second kappa shape index (κ2) is 4.85. The van der Waals surface area contributed by atoms with Gasteiger partial charge in [-0.2, -0.15) is 0 Å². The fourth-order valence-electron chi connectivity index (χ4n) is 1.11. The summed E-state index contributed by atoms with van der Waals surface area (Å²) >= 11 is 0. The van der Waals surface area contributed by atoms with Crippen LogP contribution < -0.4 is 9.47 Å². The highest BCUT2D eigenvalue weighted by Crippen LogP contribution is 2.22. The predicted molar refractivity (Wildman–Crippen MR) is 53.6 cm³/mol. The Hall–Kier alpha value is -1.23. The van der Waals surface area contributed by atoms with E-state index in [1.165, 1.54) is 14.2 Å². The number of hydrogen-bond donors (Lipinski definition) is 1. The fourth-order valence-corrected chi connectivity index (χ4v) is 1.59. The van der Waals surface area contributed by atoms with Crippen molar-refractivity contribution in [2.45, 2.75) is 5.75 Å². The van der Waals surface area contributed by atoms with Crippen LogP contribution in [0, 0.1) is 0 Å². The first-order valence-corrected chi connectivity index (χ1v) is 5.35. The first kappa shape index (κ1) is 10.8. The van der Waals surface area contributed by atoms with E-state index in [1.807, 2.05) is 0 Å². The number of benzene rings is 1. The Labute approximate surface area is 84.4 Å². The summed E-state index contributed by atoms with van der Waals surface area (Å²) in [6.45, 7) is 0. The minimum atomic E-state index is -2.42. The van der Waals surface area contributed by atoms with Gasteiger partial charge in [-0.3, -0.25) is 0 Å². The number of rotatable bonds is 4. The highest BCUT2D eigenvalue weighted by Gasteiger charge is 2.02. The maximum atomic E-state index is 10.5. The van der Waals surface area contributed by atoms with E-state index < -0.39 is 10.7 Å². The molecule has 0 spiro atoms. The molecule has 1 rings (SSSR count). The zero-order valence-corrected chi connectivity index (χ0v) is 8.91. The maximum Gasteiger partial charge on any atom is 0.144 e. The molecule has 1 aromatic carbocycles. The monoisotopic (exact) mass is 216 g/mol. The maximum absolute atomic E-state index is 10.5. The molecule has 78 valence electrons. The lowest BCUT2D eigenvalue weighted by Crippen LogP contribution is -1.92. The third kappa shape index (κ3) is 2.92. The van der Waals surface area contributed by atoms with Crippen molar-refractivity contribution in [1.29, 1.82) is 0 Å². The molecule has 1 aromatic rings. The van der Waals surface area contributed by atoms with Crippen molar-refractivity contribution in [3.05, 3.63) is 23.8 Å². The van der Waals surface area contributed by atoms with E-state index >= 15 is 0 Å². The van der Waals surface area contributed by atoms with Gasteiger partial charge in [0.1, 0.15) is 22.2 Å². The van der Waals surface area contributed by atoms with Crippen LogP contribution in [0.15, 0.2) is 18.2 Å². The number of methoxy groups -OCH3 is 2. The predicted octanol–water partition coefficient (Wildman–Crippen LogP) is 0.815. The molecule has 0 amide bonds. The lowest BCUT2D eigenvalue weighted by Gasteiger charge is -2.06. The highest BCUT2D eigenvalue weighted by atomic mass is 32.2. The summed E-state index contributed by atoms with van der Waals surface area (Å²) in [5, 5.41) is 0. The van der Waals surface area contributed by atoms with E-state index in [2.05, 4.69) is 0 Å². The molecule has 0 aliphatic carbocycles. The first-order valence-electron chi connectivity index (χ1n) is 3.99. The van der Waals surface area contributed by atoms with Crippen LogP contribution in [-0.2, 0) is 16.5 Å². The topological polar surface area (TPSA) is 52.6 Å². The Morgan fingerprint density at radius 2 is 1.57 bits per heavy atom. The second-order valence-electron chi connectivity index (χ2n) is 2.71. The van der Waals surface area contributed by atoms with Crippen molar-refractivity contribution in [2.75, 3.05) is 14.2 Å². The quantitative estimate of drug-likeness (QED) is 0.757. The van der Waals surface area contributed by atoms with Crippen LogP contribution in [0.5, 0.6) is 11.5 Å². The van der Waals surface area contributed by atoms with Crippen LogP contribution in [0.3, 0.4) is 0 Å². The van der Waals surface area contributed by atoms with Gasteiger partial charge in [-0.05, 0) is 17.7 Å². The van der Waals surface area contributed by atoms with E-state index in [4.69, 9.17) is 9.47 Å². The zero-order chi connectivity index (χ0) is 10.6. The first-order chi connectivity index (χ1) is 6.65. The SMILES string of the molecule is COc1cc(C[SH](=O)=O)cc(OC)c1. The normalized spacial score (nSPS) is 10.2. The molecule has 0 atom stereocenters. The fraction of sp³-hybridized carbons (Fsp3) is 0.333. The molecule has 4 nitrogen and oxygen atoms in total. The third-order valence-electron chi connectivity index (χ3n) is 1.72. The number of hydrogen-bond acceptors (Lipinski definition) is 4. The molecule has 0 unspecified atom stereocenters. The van der Waals surface area contributed by atoms with Gasteiger partial charge in [0, 0.05) is 6.07 Å². The summed E-state index contributed by atoms with van der Waals surface area (Å²) in [7, 11) is 0.624. The summed E-state index contributed by atoms with van der Waals surface area (Å²) in [6, 6.07) is 5.04. The molecular formula is C9H12O4S. The largest absolute Gasteiger partial charge is 0.497 e. The molecule has 0 N–H and O–H groups in total. The van der Waals surface area contributed by atoms with Crippen LogP contribution in [0.2, 0.25) is 0 Å². The number of thiol groups is 1. The van der Waals surface area contributed by atoms with Crippen molar-refractivity contribution < 1.29 is 17.9 Å². The number of ether oxygens (including phenoxy) is 2. The van der Waals surface area contributed by atoms with Gasteiger partial charge in [-0.1, -0.05) is 0 Å². The van der Waals surface area contributed by atoms with E-state index in [0.29, 0.717) is 17.1 Å². The van der Waals surface area contributed by atoms with Gasteiger partial charge < -0.3 is 9.47 Å². The summed E-state index contributed by atoms with van der Waals surface area (Å²) in [5.74, 6) is 1.19. The smallest absolute Gasteiger partial charge is 0.144 e. The molecule has 0 heterocycles. The second-order valence-corrected chi connectivity index (χ2v) is 3.69. The Balaban J connectivity index is 3.03. The van der Waals surface area contributed by atoms with Crippen LogP contribution >= 0.6 is 0 Å². The lowest BCUT2D eigenvalue weighted by atomic mass is 10.2. The molecule has 0 bridgehead atoms. The molecule has 0 radical (unpaired) electrons. The summed E-state index contributed by atoms with van der Waals surface area (Å²) in [5.41, 5.74) is 0.664. The summed E-state index contributed by atoms with van der Waals surface area (Å²) in [6.07, 6.45) is 0. The standard InChI is InChI=1S/C9H12O4S/c1-12-8-3-7(6-14(10)11)4-9(5-8)13-2/h3-5,14H,6H2,1-2H3. The van der Waals surface area contributed by atoms with E-state index in [0.717, 1.165) is 0 Å². The minimum absolute atomic E-state index is 0.00287. The van der Waals surface area contributed by atoms with Gasteiger partial charge in [0.25, 0.3) is 0 Å². The van der Waals surface area contributed by atoms with Gasteiger partial charge in [0.15, 0.2) is 0 Å². The van der Waals surface area contributed by atoms with Crippen LogP contribution in [-0.4, -0.2) is 22.6 Å². The minimum Gasteiger partial charge on any atom is -0.497 e. The molecule has 0 aliphatic heterocycles. The molecule has 5 heteroatoms.